The molecule has 2 rings (SSSR count). The molecule has 0 saturated carbocycles. The maximum absolute atomic E-state index is 13.6. The number of methoxy groups -OCH3 is 1. The molecule has 2 atom stereocenters. The summed E-state index contributed by atoms with van der Waals surface area (Å²) in [5.74, 6) is -0.411. The summed E-state index contributed by atoms with van der Waals surface area (Å²) in [6.45, 7) is 1.49. The molecule has 5 heteroatoms. The Labute approximate surface area is 99.4 Å². The molecular formula is C12H14FN3O. The molecule has 0 bridgehead atoms. The number of nitrogens with one attached hydrogen (secondary N) is 2. The molecular weight excluding hydrogens is 221 g/mol. The van der Waals surface area contributed by atoms with Crippen LogP contribution in [0.3, 0.4) is 0 Å². The van der Waals surface area contributed by atoms with Crippen molar-refractivity contribution in [1.29, 1.82) is 5.26 Å². The van der Waals surface area contributed by atoms with Crippen LogP contribution in [0.1, 0.15) is 5.56 Å². The lowest BCUT2D eigenvalue weighted by Crippen LogP contribution is -2.33. The molecule has 0 aliphatic carbocycles. The first-order chi connectivity index (χ1) is 8.24. The van der Waals surface area contributed by atoms with Crippen molar-refractivity contribution in [2.45, 2.75) is 12.1 Å². The minimum absolute atomic E-state index is 0.0324. The van der Waals surface area contributed by atoms with Crippen LogP contribution in [0, 0.1) is 17.1 Å². The first kappa shape index (κ1) is 11.8. The number of rotatable bonds is 3. The number of nitrogens with zero attached hydrogens (tertiary/aromatic N) is 1. The van der Waals surface area contributed by atoms with E-state index in [-0.39, 0.29) is 12.1 Å². The third-order valence-electron chi connectivity index (χ3n) is 2.90. The summed E-state index contributed by atoms with van der Waals surface area (Å²) in [5, 5.41) is 14.9. The predicted octanol–water partition coefficient (Wildman–Crippen LogP) is 1.10. The van der Waals surface area contributed by atoms with Gasteiger partial charge in [-0.25, -0.2) is 4.39 Å². The topological polar surface area (TPSA) is 57.1 Å². The van der Waals surface area contributed by atoms with Crippen LogP contribution >= 0.6 is 0 Å². The molecule has 1 aromatic rings. The fraction of sp³-hybridized carbons (Fsp3) is 0.417. The van der Waals surface area contributed by atoms with Crippen LogP contribution in [0.25, 0.3) is 0 Å². The van der Waals surface area contributed by atoms with E-state index in [9.17, 15) is 4.39 Å². The first-order valence-corrected chi connectivity index (χ1v) is 5.44. The zero-order chi connectivity index (χ0) is 12.3. The second-order valence-electron chi connectivity index (χ2n) is 3.99. The molecule has 90 valence electrons. The number of benzene rings is 1. The standard InChI is InChI=1S/C12H14FN3O/c1-17-12-7-15-6-11(12)16-10-3-2-8(5-14)4-9(10)13/h2-4,11-12,15-16H,6-7H2,1H3/t11?,12-/m0/s1. The Balaban J connectivity index is 2.11. The SMILES string of the molecule is CO[C@H]1CNCC1Nc1ccc(C#N)cc1F. The molecule has 0 radical (unpaired) electrons. The van der Waals surface area contributed by atoms with Gasteiger partial charge in [0.05, 0.1) is 29.5 Å². The van der Waals surface area contributed by atoms with Gasteiger partial charge < -0.3 is 15.4 Å². The van der Waals surface area contributed by atoms with Crippen molar-refractivity contribution in [2.24, 2.45) is 0 Å². The molecule has 0 aromatic heterocycles. The van der Waals surface area contributed by atoms with Gasteiger partial charge in [0.15, 0.2) is 0 Å². The fourth-order valence-corrected chi connectivity index (χ4v) is 1.95. The van der Waals surface area contributed by atoms with Crippen LogP contribution in [-0.2, 0) is 4.74 Å². The van der Waals surface area contributed by atoms with E-state index in [4.69, 9.17) is 10.00 Å². The average Bonchev–Trinajstić information content (AvgIpc) is 2.79. The van der Waals surface area contributed by atoms with E-state index in [1.165, 1.54) is 6.07 Å². The minimum atomic E-state index is -0.411. The van der Waals surface area contributed by atoms with Gasteiger partial charge in [0, 0.05) is 20.2 Å². The lowest BCUT2D eigenvalue weighted by atomic mass is 10.1. The Kier molecular flexibility index (Phi) is 3.57. The van der Waals surface area contributed by atoms with Gasteiger partial charge in [-0.2, -0.15) is 5.26 Å². The predicted molar refractivity (Wildman–Crippen MR) is 62.2 cm³/mol. The Morgan fingerprint density at radius 3 is 3.00 bits per heavy atom. The molecule has 1 heterocycles. The van der Waals surface area contributed by atoms with Gasteiger partial charge in [-0.1, -0.05) is 0 Å². The summed E-state index contributed by atoms with van der Waals surface area (Å²) < 4.78 is 18.9. The van der Waals surface area contributed by atoms with Gasteiger partial charge in [-0.3, -0.25) is 0 Å². The van der Waals surface area contributed by atoms with Crippen molar-refractivity contribution in [3.8, 4) is 6.07 Å². The first-order valence-electron chi connectivity index (χ1n) is 5.44. The number of hydrogen-bond donors (Lipinski definition) is 2. The Hall–Kier alpha value is -1.64. The van der Waals surface area contributed by atoms with Crippen molar-refractivity contribution in [1.82, 2.24) is 5.32 Å². The summed E-state index contributed by atoms with van der Waals surface area (Å²) in [5.41, 5.74) is 0.723. The molecule has 1 aliphatic heterocycles. The van der Waals surface area contributed by atoms with Crippen LogP contribution in [0.15, 0.2) is 18.2 Å². The van der Waals surface area contributed by atoms with Crippen molar-refractivity contribution < 1.29 is 9.13 Å². The maximum Gasteiger partial charge on any atom is 0.147 e. The highest BCUT2D eigenvalue weighted by atomic mass is 19.1. The monoisotopic (exact) mass is 235 g/mol. The van der Waals surface area contributed by atoms with Crippen molar-refractivity contribution in [2.75, 3.05) is 25.5 Å². The Morgan fingerprint density at radius 2 is 2.35 bits per heavy atom. The number of nitriles is 1. The van der Waals surface area contributed by atoms with Gasteiger partial charge in [-0.05, 0) is 18.2 Å². The normalized spacial score (nSPS) is 23.4. The van der Waals surface area contributed by atoms with Crippen LogP contribution in [0.4, 0.5) is 10.1 Å². The summed E-state index contributed by atoms with van der Waals surface area (Å²) in [4.78, 5) is 0. The number of anilines is 1. The summed E-state index contributed by atoms with van der Waals surface area (Å²) in [6, 6.07) is 6.35. The number of hydrogen-bond acceptors (Lipinski definition) is 4. The molecule has 0 amide bonds. The van der Waals surface area contributed by atoms with Gasteiger partial charge in [-0.15, -0.1) is 0 Å². The van der Waals surface area contributed by atoms with Crippen molar-refractivity contribution >= 4 is 5.69 Å². The highest BCUT2D eigenvalue weighted by Gasteiger charge is 2.27. The van der Waals surface area contributed by atoms with Gasteiger partial charge in [0.2, 0.25) is 0 Å². The van der Waals surface area contributed by atoms with Gasteiger partial charge >= 0.3 is 0 Å². The van der Waals surface area contributed by atoms with Crippen LogP contribution in [-0.4, -0.2) is 32.3 Å². The van der Waals surface area contributed by atoms with Crippen molar-refractivity contribution in [3.63, 3.8) is 0 Å². The van der Waals surface area contributed by atoms with Crippen LogP contribution in [0.2, 0.25) is 0 Å². The molecule has 17 heavy (non-hydrogen) atoms. The van der Waals surface area contributed by atoms with Crippen LogP contribution < -0.4 is 10.6 Å². The third-order valence-corrected chi connectivity index (χ3v) is 2.90. The lowest BCUT2D eigenvalue weighted by Gasteiger charge is -2.20. The smallest absolute Gasteiger partial charge is 0.147 e. The third kappa shape index (κ3) is 2.54. The highest BCUT2D eigenvalue weighted by molar-refractivity contribution is 5.49. The highest BCUT2D eigenvalue weighted by Crippen LogP contribution is 2.18. The van der Waals surface area contributed by atoms with Crippen LogP contribution in [0.5, 0.6) is 0 Å². The molecule has 4 nitrogen and oxygen atoms in total. The number of halogens is 1. The van der Waals surface area contributed by atoms with E-state index in [0.717, 1.165) is 13.1 Å². The molecule has 1 fully saturated rings. The molecule has 1 aromatic carbocycles. The second kappa shape index (κ2) is 5.13. The quantitative estimate of drug-likeness (QED) is 0.823. The van der Waals surface area contributed by atoms with Crippen molar-refractivity contribution in [3.05, 3.63) is 29.6 Å². The second-order valence-corrected chi connectivity index (χ2v) is 3.99. The van der Waals surface area contributed by atoms with E-state index in [2.05, 4.69) is 10.6 Å². The molecule has 0 spiro atoms. The molecule has 1 saturated heterocycles. The largest absolute Gasteiger partial charge is 0.378 e. The summed E-state index contributed by atoms with van der Waals surface area (Å²) in [7, 11) is 1.64. The van der Waals surface area contributed by atoms with Gasteiger partial charge in [0.1, 0.15) is 5.82 Å². The average molecular weight is 235 g/mol. The fourth-order valence-electron chi connectivity index (χ4n) is 1.95. The Morgan fingerprint density at radius 1 is 1.53 bits per heavy atom. The van der Waals surface area contributed by atoms with E-state index in [0.29, 0.717) is 11.3 Å². The summed E-state index contributed by atoms with van der Waals surface area (Å²) in [6.07, 6.45) is 0.0324. The maximum atomic E-state index is 13.6. The van der Waals surface area contributed by atoms with E-state index in [1.807, 2.05) is 6.07 Å². The molecule has 1 aliphatic rings. The lowest BCUT2D eigenvalue weighted by molar-refractivity contribution is 0.111. The van der Waals surface area contributed by atoms with E-state index < -0.39 is 5.82 Å². The zero-order valence-electron chi connectivity index (χ0n) is 9.53. The van der Waals surface area contributed by atoms with E-state index >= 15 is 0 Å². The van der Waals surface area contributed by atoms with E-state index in [1.54, 1.807) is 19.2 Å². The Bertz CT molecular complexity index is 444. The summed E-state index contributed by atoms with van der Waals surface area (Å²) >= 11 is 0. The minimum Gasteiger partial charge on any atom is -0.378 e. The van der Waals surface area contributed by atoms with Gasteiger partial charge in [0.25, 0.3) is 0 Å². The zero-order valence-corrected chi connectivity index (χ0v) is 9.53. The molecule has 2 N–H and O–H groups in total. The number of ether oxygens (including phenoxy) is 1. The molecule has 1 unspecified atom stereocenters.